The minimum atomic E-state index is -4.71. The van der Waals surface area contributed by atoms with Crippen molar-refractivity contribution in [1.82, 2.24) is 19.7 Å². The Balaban J connectivity index is 2.00. The number of nitrogens with zero attached hydrogens (tertiary/aromatic N) is 4. The average molecular weight is 438 g/mol. The van der Waals surface area contributed by atoms with Gasteiger partial charge in [0.15, 0.2) is 5.82 Å². The summed E-state index contributed by atoms with van der Waals surface area (Å²) in [6.45, 7) is -0.986. The van der Waals surface area contributed by atoms with Gasteiger partial charge in [-0.15, -0.1) is 16.4 Å². The maximum Gasteiger partial charge on any atom is 0.406 e. The second-order valence-electron chi connectivity index (χ2n) is 6.07. The largest absolute Gasteiger partial charge is 0.465 e. The molecule has 3 rings (SSSR count). The zero-order valence-electron chi connectivity index (χ0n) is 15.8. The third kappa shape index (κ3) is 5.23. The summed E-state index contributed by atoms with van der Waals surface area (Å²) < 4.78 is 45.1. The first-order chi connectivity index (χ1) is 14.3. The lowest BCUT2D eigenvalue weighted by Crippen LogP contribution is -2.43. The molecule has 0 saturated heterocycles. The smallest absolute Gasteiger partial charge is 0.406 e. The third-order valence-electron chi connectivity index (χ3n) is 3.82. The first-order valence-corrected chi connectivity index (χ1v) is 9.74. The number of halogens is 3. The van der Waals surface area contributed by atoms with Gasteiger partial charge in [-0.3, -0.25) is 9.59 Å². The number of thiophene rings is 1. The van der Waals surface area contributed by atoms with Crippen LogP contribution < -0.4 is 0 Å². The van der Waals surface area contributed by atoms with Crippen molar-refractivity contribution in [3.05, 3.63) is 53.7 Å². The molecule has 0 radical (unpaired) electrons. The molecule has 158 valence electrons. The number of carbonyl (C=O) groups excluding carboxylic acids is 2. The van der Waals surface area contributed by atoms with Crippen LogP contribution in [0.3, 0.4) is 0 Å². The molecule has 0 bridgehead atoms. The number of ether oxygens (including phenoxy) is 1. The van der Waals surface area contributed by atoms with Gasteiger partial charge in [-0.2, -0.15) is 13.2 Å². The predicted molar refractivity (Wildman–Crippen MR) is 103 cm³/mol. The topological polar surface area (TPSA) is 77.3 Å². The molecule has 7 nitrogen and oxygen atoms in total. The molecular formula is C19H17F3N4O3S. The molecule has 0 aliphatic carbocycles. The van der Waals surface area contributed by atoms with Crippen LogP contribution in [0, 0.1) is 0 Å². The second-order valence-corrected chi connectivity index (χ2v) is 7.01. The summed E-state index contributed by atoms with van der Waals surface area (Å²) in [5.74, 6) is -2.21. The predicted octanol–water partition coefficient (Wildman–Crippen LogP) is 3.56. The van der Waals surface area contributed by atoms with Crippen LogP contribution in [0.4, 0.5) is 13.2 Å². The van der Waals surface area contributed by atoms with Gasteiger partial charge in [-0.05, 0) is 30.5 Å². The summed E-state index contributed by atoms with van der Waals surface area (Å²) in [6.07, 6.45) is -4.71. The lowest BCUT2D eigenvalue weighted by molar-refractivity contribution is -0.153. The zero-order valence-corrected chi connectivity index (χ0v) is 16.6. The summed E-state index contributed by atoms with van der Waals surface area (Å²) in [4.78, 5) is 29.7. The van der Waals surface area contributed by atoms with Crippen LogP contribution in [0.15, 0.2) is 47.8 Å². The third-order valence-corrected chi connectivity index (χ3v) is 4.69. The van der Waals surface area contributed by atoms with Crippen LogP contribution in [0.25, 0.3) is 16.4 Å². The van der Waals surface area contributed by atoms with Crippen molar-refractivity contribution in [2.45, 2.75) is 13.1 Å². The Bertz CT molecular complexity index is 1000. The van der Waals surface area contributed by atoms with E-state index in [0.717, 1.165) is 0 Å². The normalized spacial score (nSPS) is 11.3. The number of para-hydroxylation sites is 1. The number of alkyl halides is 3. The highest BCUT2D eigenvalue weighted by Gasteiger charge is 2.36. The number of rotatable bonds is 7. The summed E-state index contributed by atoms with van der Waals surface area (Å²) in [6, 6.07) is 12.3. The Kier molecular flexibility index (Phi) is 6.50. The van der Waals surface area contributed by atoms with Crippen molar-refractivity contribution in [3.63, 3.8) is 0 Å². The van der Waals surface area contributed by atoms with Crippen molar-refractivity contribution in [2.24, 2.45) is 0 Å². The van der Waals surface area contributed by atoms with Gasteiger partial charge in [-0.25, -0.2) is 9.67 Å². The number of carbonyl (C=O) groups is 2. The van der Waals surface area contributed by atoms with Crippen LogP contribution >= 0.6 is 11.3 Å². The number of benzene rings is 1. The molecule has 30 heavy (non-hydrogen) atoms. The van der Waals surface area contributed by atoms with Gasteiger partial charge in [0.2, 0.25) is 5.82 Å². The Hall–Kier alpha value is -3.21. The van der Waals surface area contributed by atoms with Gasteiger partial charge in [0.25, 0.3) is 5.91 Å². The molecule has 3 aromatic rings. The fraction of sp³-hybridized carbons (Fsp3) is 0.263. The van der Waals surface area contributed by atoms with Crippen LogP contribution in [0.1, 0.15) is 17.5 Å². The van der Waals surface area contributed by atoms with E-state index in [2.05, 4.69) is 14.8 Å². The molecular weight excluding hydrogens is 421 g/mol. The molecule has 1 amide bonds. The molecule has 1 aromatic carbocycles. The van der Waals surface area contributed by atoms with Gasteiger partial charge in [0.05, 0.1) is 17.2 Å². The highest BCUT2D eigenvalue weighted by molar-refractivity contribution is 7.13. The fourth-order valence-electron chi connectivity index (χ4n) is 2.64. The van der Waals surface area contributed by atoms with E-state index in [1.165, 1.54) is 22.9 Å². The molecule has 0 atom stereocenters. The number of aromatic nitrogens is 3. The first kappa shape index (κ1) is 21.5. The van der Waals surface area contributed by atoms with Crippen molar-refractivity contribution >= 4 is 23.2 Å². The molecule has 0 fully saturated rings. The van der Waals surface area contributed by atoms with Gasteiger partial charge < -0.3 is 9.64 Å². The van der Waals surface area contributed by atoms with Crippen LogP contribution in [0.2, 0.25) is 0 Å². The monoisotopic (exact) mass is 438 g/mol. The molecule has 0 unspecified atom stereocenters. The van der Waals surface area contributed by atoms with E-state index in [1.807, 2.05) is 0 Å². The minimum absolute atomic E-state index is 0.0176. The standard InChI is InChI=1S/C19H17F3N4O3S/c1-2-29-15(27)11-25(12-19(20,21)22)18(28)16-23-17(14-9-6-10-30-14)26(24-16)13-7-4-3-5-8-13/h3-10H,2,11-12H2,1H3. The Morgan fingerprint density at radius 2 is 1.90 bits per heavy atom. The number of hydrogen-bond donors (Lipinski definition) is 0. The highest BCUT2D eigenvalue weighted by Crippen LogP contribution is 2.26. The molecule has 11 heteroatoms. The summed E-state index contributed by atoms with van der Waals surface area (Å²) in [5, 5.41) is 5.95. The van der Waals surface area contributed by atoms with Gasteiger partial charge >= 0.3 is 12.1 Å². The molecule has 2 heterocycles. The van der Waals surface area contributed by atoms with E-state index in [4.69, 9.17) is 0 Å². The Labute approximate surface area is 173 Å². The summed E-state index contributed by atoms with van der Waals surface area (Å²) in [7, 11) is 0. The Morgan fingerprint density at radius 1 is 1.17 bits per heavy atom. The van der Waals surface area contributed by atoms with E-state index < -0.39 is 37.0 Å². The summed E-state index contributed by atoms with van der Waals surface area (Å²) in [5.41, 5.74) is 0.584. The zero-order chi connectivity index (χ0) is 21.7. The lowest BCUT2D eigenvalue weighted by atomic mass is 10.3. The highest BCUT2D eigenvalue weighted by atomic mass is 32.1. The maximum atomic E-state index is 13.0. The molecule has 2 aromatic heterocycles. The SMILES string of the molecule is CCOC(=O)CN(CC(F)(F)F)C(=O)c1nc(-c2cccs2)n(-c2ccccc2)n1. The lowest BCUT2D eigenvalue weighted by Gasteiger charge is -2.21. The quantitative estimate of drug-likeness (QED) is 0.527. The number of esters is 1. The van der Waals surface area contributed by atoms with Crippen LogP contribution in [-0.2, 0) is 9.53 Å². The molecule has 0 aliphatic rings. The van der Waals surface area contributed by atoms with E-state index in [-0.39, 0.29) is 6.61 Å². The number of amides is 1. The van der Waals surface area contributed by atoms with Crippen molar-refractivity contribution < 1.29 is 27.5 Å². The average Bonchev–Trinajstić information content (AvgIpc) is 3.36. The van der Waals surface area contributed by atoms with Crippen molar-refractivity contribution in [2.75, 3.05) is 19.7 Å². The van der Waals surface area contributed by atoms with Crippen molar-refractivity contribution in [1.29, 1.82) is 0 Å². The second kappa shape index (κ2) is 9.08. The summed E-state index contributed by atoms with van der Waals surface area (Å²) >= 11 is 1.34. The minimum Gasteiger partial charge on any atom is -0.465 e. The number of hydrogen-bond acceptors (Lipinski definition) is 6. The maximum absolute atomic E-state index is 13.0. The van der Waals surface area contributed by atoms with E-state index in [9.17, 15) is 22.8 Å². The van der Waals surface area contributed by atoms with E-state index >= 15 is 0 Å². The molecule has 0 spiro atoms. The van der Waals surface area contributed by atoms with Crippen LogP contribution in [0.5, 0.6) is 0 Å². The molecule has 0 aliphatic heterocycles. The van der Waals surface area contributed by atoms with Gasteiger partial charge in [0.1, 0.15) is 13.1 Å². The van der Waals surface area contributed by atoms with E-state index in [1.54, 1.807) is 47.8 Å². The fourth-order valence-corrected chi connectivity index (χ4v) is 3.34. The van der Waals surface area contributed by atoms with Crippen LogP contribution in [-0.4, -0.2) is 57.4 Å². The molecule has 0 saturated carbocycles. The van der Waals surface area contributed by atoms with E-state index in [0.29, 0.717) is 21.3 Å². The van der Waals surface area contributed by atoms with Gasteiger partial charge in [0, 0.05) is 0 Å². The molecule has 0 N–H and O–H groups in total. The van der Waals surface area contributed by atoms with Gasteiger partial charge in [-0.1, -0.05) is 24.3 Å². The first-order valence-electron chi connectivity index (χ1n) is 8.86. The Morgan fingerprint density at radius 3 is 2.50 bits per heavy atom. The van der Waals surface area contributed by atoms with Crippen molar-refractivity contribution in [3.8, 4) is 16.4 Å².